The molecular formula is C29H48O2. The van der Waals surface area contributed by atoms with Crippen LogP contribution in [0.3, 0.4) is 0 Å². The van der Waals surface area contributed by atoms with Gasteiger partial charge in [0.05, 0.1) is 12.2 Å². The van der Waals surface area contributed by atoms with Crippen molar-refractivity contribution in [3.05, 3.63) is 23.3 Å². The Morgan fingerprint density at radius 2 is 1.65 bits per heavy atom. The molecule has 2 N–H and O–H groups in total. The first-order valence-corrected chi connectivity index (χ1v) is 13.3. The lowest BCUT2D eigenvalue weighted by atomic mass is 9.48. The van der Waals surface area contributed by atoms with E-state index in [0.717, 1.165) is 49.5 Å². The molecule has 0 saturated heterocycles. The molecule has 0 heterocycles. The van der Waals surface area contributed by atoms with Crippen LogP contribution in [-0.4, -0.2) is 22.4 Å². The van der Waals surface area contributed by atoms with E-state index >= 15 is 0 Å². The summed E-state index contributed by atoms with van der Waals surface area (Å²) in [4.78, 5) is 0. The van der Waals surface area contributed by atoms with E-state index < -0.39 is 0 Å². The van der Waals surface area contributed by atoms with Crippen molar-refractivity contribution < 1.29 is 10.2 Å². The fraction of sp³-hybridized carbons (Fsp3) is 0.862. The first-order valence-electron chi connectivity index (χ1n) is 13.3. The summed E-state index contributed by atoms with van der Waals surface area (Å²) in [5, 5.41) is 21.8. The maximum absolute atomic E-state index is 11.4. The third kappa shape index (κ3) is 3.68. The number of aliphatic hydroxyl groups excluding tert-OH is 2. The van der Waals surface area contributed by atoms with Gasteiger partial charge in [0, 0.05) is 0 Å². The Kier molecular flexibility index (Phi) is 6.32. The Morgan fingerprint density at radius 1 is 0.935 bits per heavy atom. The lowest BCUT2D eigenvalue weighted by molar-refractivity contribution is 0.00212. The SMILES string of the molecule is C=C1C2CCC3=C4[C@@H](O)C[C@H]([C@H](C)CC[C@@H](C)C(C)C)[C@@]4(C)CCC3[C@@]2(C)CC[C@@H]1O. The first-order chi connectivity index (χ1) is 14.5. The van der Waals surface area contributed by atoms with E-state index in [1.807, 2.05) is 0 Å². The van der Waals surface area contributed by atoms with Crippen molar-refractivity contribution >= 4 is 0 Å². The third-order valence-electron chi connectivity index (χ3n) is 11.0. The highest BCUT2D eigenvalue weighted by molar-refractivity contribution is 5.39. The average Bonchev–Trinajstić information content (AvgIpc) is 2.99. The van der Waals surface area contributed by atoms with Crippen LogP contribution in [0.25, 0.3) is 0 Å². The fourth-order valence-corrected chi connectivity index (χ4v) is 8.56. The molecule has 31 heavy (non-hydrogen) atoms. The molecule has 3 fully saturated rings. The van der Waals surface area contributed by atoms with Crippen LogP contribution in [0.1, 0.15) is 99.3 Å². The Balaban J connectivity index is 1.60. The van der Waals surface area contributed by atoms with Crippen molar-refractivity contribution in [3.63, 3.8) is 0 Å². The van der Waals surface area contributed by atoms with Crippen LogP contribution in [0.2, 0.25) is 0 Å². The molecule has 2 heteroatoms. The van der Waals surface area contributed by atoms with Gasteiger partial charge in [0.2, 0.25) is 0 Å². The smallest absolute Gasteiger partial charge is 0.0761 e. The third-order valence-corrected chi connectivity index (χ3v) is 11.0. The van der Waals surface area contributed by atoms with Crippen molar-refractivity contribution in [1.82, 2.24) is 0 Å². The minimum absolute atomic E-state index is 0.181. The molecule has 4 aliphatic carbocycles. The van der Waals surface area contributed by atoms with Crippen molar-refractivity contribution in [2.24, 2.45) is 46.3 Å². The van der Waals surface area contributed by atoms with Crippen LogP contribution in [0.5, 0.6) is 0 Å². The lowest BCUT2D eigenvalue weighted by Gasteiger charge is -2.57. The molecule has 9 atom stereocenters. The molecule has 3 saturated carbocycles. The molecule has 4 aliphatic rings. The van der Waals surface area contributed by atoms with E-state index in [1.54, 1.807) is 5.57 Å². The molecule has 4 rings (SSSR count). The Morgan fingerprint density at radius 3 is 2.32 bits per heavy atom. The van der Waals surface area contributed by atoms with Crippen molar-refractivity contribution in [3.8, 4) is 0 Å². The summed E-state index contributed by atoms with van der Waals surface area (Å²) in [6, 6.07) is 0. The summed E-state index contributed by atoms with van der Waals surface area (Å²) in [5.74, 6) is 3.83. The summed E-state index contributed by atoms with van der Waals surface area (Å²) in [6.07, 6.45) is 9.65. The molecular weight excluding hydrogens is 380 g/mol. The van der Waals surface area contributed by atoms with E-state index in [2.05, 4.69) is 48.1 Å². The minimum atomic E-state index is -0.309. The van der Waals surface area contributed by atoms with Crippen LogP contribution >= 0.6 is 0 Å². The molecule has 176 valence electrons. The quantitative estimate of drug-likeness (QED) is 0.467. The molecule has 0 radical (unpaired) electrons. The largest absolute Gasteiger partial charge is 0.389 e. The molecule has 2 unspecified atom stereocenters. The standard InChI is InChI=1S/C29H48O2/c1-17(2)18(3)8-9-19(4)24-16-26(31)27-21-10-11-22-20(5)25(30)13-15-28(22,6)23(21)12-14-29(24,27)7/h17-19,22-26,30-31H,5,8-16H2,1-4,6-7H3/t18-,19-,22?,23?,24-,25+,26+,28+,29-/m1/s1. The highest BCUT2D eigenvalue weighted by atomic mass is 16.3. The van der Waals surface area contributed by atoms with Gasteiger partial charge in [-0.15, -0.1) is 0 Å². The molecule has 0 aromatic heterocycles. The topological polar surface area (TPSA) is 40.5 Å². The average molecular weight is 429 g/mol. The van der Waals surface area contributed by atoms with Crippen LogP contribution in [-0.2, 0) is 0 Å². The van der Waals surface area contributed by atoms with Crippen LogP contribution in [0, 0.1) is 46.3 Å². The molecule has 0 aromatic carbocycles. The van der Waals surface area contributed by atoms with Crippen LogP contribution < -0.4 is 0 Å². The van der Waals surface area contributed by atoms with Gasteiger partial charge in [-0.1, -0.05) is 66.5 Å². The van der Waals surface area contributed by atoms with Gasteiger partial charge in [-0.2, -0.15) is 0 Å². The van der Waals surface area contributed by atoms with Gasteiger partial charge in [-0.25, -0.2) is 0 Å². The maximum atomic E-state index is 11.4. The van der Waals surface area contributed by atoms with E-state index in [1.165, 1.54) is 31.3 Å². The molecule has 0 aromatic rings. The van der Waals surface area contributed by atoms with E-state index in [0.29, 0.717) is 23.7 Å². The van der Waals surface area contributed by atoms with Gasteiger partial charge in [-0.3, -0.25) is 0 Å². The second kappa shape index (κ2) is 8.32. The maximum Gasteiger partial charge on any atom is 0.0761 e. The second-order valence-corrected chi connectivity index (χ2v) is 12.8. The van der Waals surface area contributed by atoms with E-state index in [4.69, 9.17) is 0 Å². The van der Waals surface area contributed by atoms with Gasteiger partial charge >= 0.3 is 0 Å². The van der Waals surface area contributed by atoms with E-state index in [-0.39, 0.29) is 23.0 Å². The summed E-state index contributed by atoms with van der Waals surface area (Å²) < 4.78 is 0. The van der Waals surface area contributed by atoms with Gasteiger partial charge in [0.25, 0.3) is 0 Å². The second-order valence-electron chi connectivity index (χ2n) is 12.8. The predicted octanol–water partition coefficient (Wildman–Crippen LogP) is 6.92. The van der Waals surface area contributed by atoms with Gasteiger partial charge < -0.3 is 10.2 Å². The predicted molar refractivity (Wildman–Crippen MR) is 130 cm³/mol. The first kappa shape index (κ1) is 23.6. The molecule has 0 spiro atoms. The number of fused-ring (bicyclic) bond motifs is 4. The van der Waals surface area contributed by atoms with Crippen LogP contribution in [0.15, 0.2) is 23.3 Å². The van der Waals surface area contributed by atoms with E-state index in [9.17, 15) is 10.2 Å². The minimum Gasteiger partial charge on any atom is -0.389 e. The molecule has 2 nitrogen and oxygen atoms in total. The normalized spacial score (nSPS) is 44.7. The van der Waals surface area contributed by atoms with Gasteiger partial charge in [0.1, 0.15) is 0 Å². The zero-order valence-electron chi connectivity index (χ0n) is 21.1. The summed E-state index contributed by atoms with van der Waals surface area (Å²) in [6.45, 7) is 18.8. The van der Waals surface area contributed by atoms with Gasteiger partial charge in [0.15, 0.2) is 0 Å². The number of hydrogen-bond acceptors (Lipinski definition) is 2. The Bertz CT molecular complexity index is 735. The Hall–Kier alpha value is -0.600. The summed E-state index contributed by atoms with van der Waals surface area (Å²) >= 11 is 0. The number of rotatable bonds is 5. The summed E-state index contributed by atoms with van der Waals surface area (Å²) in [5.41, 5.74) is 4.56. The lowest BCUT2D eigenvalue weighted by Crippen LogP contribution is -2.49. The number of hydrogen-bond donors (Lipinski definition) is 2. The zero-order valence-corrected chi connectivity index (χ0v) is 21.1. The molecule has 0 amide bonds. The molecule has 0 aliphatic heterocycles. The van der Waals surface area contributed by atoms with Crippen molar-refractivity contribution in [1.29, 1.82) is 0 Å². The number of aliphatic hydroxyl groups is 2. The van der Waals surface area contributed by atoms with Crippen molar-refractivity contribution in [2.75, 3.05) is 0 Å². The zero-order chi connectivity index (χ0) is 22.7. The summed E-state index contributed by atoms with van der Waals surface area (Å²) in [7, 11) is 0. The molecule has 0 bridgehead atoms. The van der Waals surface area contributed by atoms with Crippen molar-refractivity contribution in [2.45, 2.75) is 112 Å². The van der Waals surface area contributed by atoms with Gasteiger partial charge in [-0.05, 0) is 102 Å². The highest BCUT2D eigenvalue weighted by Gasteiger charge is 2.58. The fourth-order valence-electron chi connectivity index (χ4n) is 8.56. The van der Waals surface area contributed by atoms with Crippen LogP contribution in [0.4, 0.5) is 0 Å². The highest BCUT2D eigenvalue weighted by Crippen LogP contribution is 2.66. The number of allylic oxidation sites excluding steroid dienone is 1. The monoisotopic (exact) mass is 428 g/mol. The Labute approximate surface area is 191 Å².